The molecule has 1 heterocycles. The van der Waals surface area contributed by atoms with Crippen LogP contribution in [0.4, 0.5) is 0 Å². The lowest BCUT2D eigenvalue weighted by atomic mass is 9.93. The molecule has 1 aliphatic heterocycles. The summed E-state index contributed by atoms with van der Waals surface area (Å²) in [4.78, 5) is 14.6. The second-order valence-corrected chi connectivity index (χ2v) is 5.56. The maximum Gasteiger partial charge on any atom is 0.257 e. The van der Waals surface area contributed by atoms with Crippen LogP contribution in [0.5, 0.6) is 5.75 Å². The lowest BCUT2D eigenvalue weighted by Gasteiger charge is -2.32. The number of likely N-dealkylation sites (tertiary alicyclic amines) is 1. The van der Waals surface area contributed by atoms with E-state index in [9.17, 15) is 4.79 Å². The van der Waals surface area contributed by atoms with E-state index in [0.717, 1.165) is 38.4 Å². The smallest absolute Gasteiger partial charge is 0.257 e. The van der Waals surface area contributed by atoms with Crippen molar-refractivity contribution in [2.45, 2.75) is 26.2 Å². The first-order valence-electron chi connectivity index (χ1n) is 7.92. The van der Waals surface area contributed by atoms with Crippen LogP contribution in [0.2, 0.25) is 0 Å². The van der Waals surface area contributed by atoms with Crippen molar-refractivity contribution in [3.63, 3.8) is 0 Å². The van der Waals surface area contributed by atoms with Crippen LogP contribution in [-0.4, -0.2) is 44.1 Å². The Morgan fingerprint density at radius 3 is 2.64 bits per heavy atom. The molecule has 22 heavy (non-hydrogen) atoms. The Morgan fingerprint density at radius 1 is 1.32 bits per heavy atom. The van der Waals surface area contributed by atoms with Gasteiger partial charge < -0.3 is 15.0 Å². The maximum atomic E-state index is 12.6. The van der Waals surface area contributed by atoms with E-state index < -0.39 is 0 Å². The van der Waals surface area contributed by atoms with Gasteiger partial charge in [-0.1, -0.05) is 12.1 Å². The van der Waals surface area contributed by atoms with Crippen LogP contribution in [0.1, 0.15) is 36.5 Å². The molecule has 0 aliphatic carbocycles. The molecule has 1 aromatic rings. The third-order valence-electron chi connectivity index (χ3n) is 4.12. The summed E-state index contributed by atoms with van der Waals surface area (Å²) < 4.78 is 5.57. The molecule has 1 fully saturated rings. The van der Waals surface area contributed by atoms with E-state index in [-0.39, 0.29) is 18.3 Å². The summed E-state index contributed by atoms with van der Waals surface area (Å²) >= 11 is 0. The maximum absolute atomic E-state index is 12.6. The highest BCUT2D eigenvalue weighted by Crippen LogP contribution is 2.24. The molecule has 0 aromatic heterocycles. The number of nitrogens with zero attached hydrogens (tertiary/aromatic N) is 1. The van der Waals surface area contributed by atoms with Crippen molar-refractivity contribution in [1.29, 1.82) is 0 Å². The first-order chi connectivity index (χ1) is 10.3. The largest absolute Gasteiger partial charge is 0.493 e. The van der Waals surface area contributed by atoms with Crippen LogP contribution < -0.4 is 10.1 Å². The Balaban J connectivity index is 0.00000242. The molecule has 1 N–H and O–H groups in total. The second-order valence-electron chi connectivity index (χ2n) is 5.56. The quantitative estimate of drug-likeness (QED) is 0.874. The minimum Gasteiger partial charge on any atom is -0.493 e. The summed E-state index contributed by atoms with van der Waals surface area (Å²) in [7, 11) is 1.99. The van der Waals surface area contributed by atoms with Crippen LogP contribution in [-0.2, 0) is 0 Å². The molecule has 4 nitrogen and oxygen atoms in total. The molecule has 5 heteroatoms. The summed E-state index contributed by atoms with van der Waals surface area (Å²) in [5.41, 5.74) is 0.688. The van der Waals surface area contributed by atoms with E-state index in [1.807, 2.05) is 43.1 Å². The van der Waals surface area contributed by atoms with Crippen molar-refractivity contribution in [3.8, 4) is 5.75 Å². The third kappa shape index (κ3) is 4.89. The summed E-state index contributed by atoms with van der Waals surface area (Å²) in [6.45, 7) is 5.29. The van der Waals surface area contributed by atoms with Crippen molar-refractivity contribution in [2.24, 2.45) is 5.92 Å². The van der Waals surface area contributed by atoms with Gasteiger partial charge in [0, 0.05) is 13.1 Å². The number of piperidine rings is 1. The molecule has 1 saturated heterocycles. The van der Waals surface area contributed by atoms with Gasteiger partial charge in [-0.2, -0.15) is 0 Å². The Labute approximate surface area is 139 Å². The molecule has 0 atom stereocenters. The lowest BCUT2D eigenvalue weighted by molar-refractivity contribution is 0.0683. The van der Waals surface area contributed by atoms with Crippen LogP contribution in [0, 0.1) is 5.92 Å². The Hall–Kier alpha value is -1.26. The molecule has 0 radical (unpaired) electrons. The summed E-state index contributed by atoms with van der Waals surface area (Å²) in [5.74, 6) is 1.54. The van der Waals surface area contributed by atoms with Crippen molar-refractivity contribution < 1.29 is 9.53 Å². The van der Waals surface area contributed by atoms with Gasteiger partial charge in [0.15, 0.2) is 0 Å². The highest BCUT2D eigenvalue weighted by atomic mass is 35.5. The number of rotatable bonds is 6. The van der Waals surface area contributed by atoms with Crippen molar-refractivity contribution in [2.75, 3.05) is 33.3 Å². The molecule has 2 rings (SSSR count). The monoisotopic (exact) mass is 326 g/mol. The highest BCUT2D eigenvalue weighted by Gasteiger charge is 2.24. The topological polar surface area (TPSA) is 41.6 Å². The predicted octanol–water partition coefficient (Wildman–Crippen LogP) is 2.97. The number of hydrogen-bond acceptors (Lipinski definition) is 3. The number of carbonyl (C=O) groups excluding carboxylic acids is 1. The molecule has 0 bridgehead atoms. The van der Waals surface area contributed by atoms with Gasteiger partial charge in [-0.05, 0) is 57.8 Å². The summed E-state index contributed by atoms with van der Waals surface area (Å²) in [6.07, 6.45) is 3.41. The summed E-state index contributed by atoms with van der Waals surface area (Å²) in [5, 5.41) is 3.20. The van der Waals surface area contributed by atoms with Gasteiger partial charge in [-0.15, -0.1) is 12.4 Å². The predicted molar refractivity (Wildman–Crippen MR) is 92.0 cm³/mol. The lowest BCUT2D eigenvalue weighted by Crippen LogP contribution is -2.39. The zero-order valence-electron chi connectivity index (χ0n) is 13.5. The van der Waals surface area contributed by atoms with Crippen LogP contribution in [0.15, 0.2) is 24.3 Å². The van der Waals surface area contributed by atoms with Gasteiger partial charge in [-0.25, -0.2) is 0 Å². The second kappa shape index (κ2) is 9.70. The molecule has 0 unspecified atom stereocenters. The Kier molecular flexibility index (Phi) is 8.28. The minimum absolute atomic E-state index is 0. The minimum atomic E-state index is 0. The van der Waals surface area contributed by atoms with E-state index in [1.54, 1.807) is 0 Å². The molecule has 0 saturated carbocycles. The van der Waals surface area contributed by atoms with Crippen molar-refractivity contribution in [1.82, 2.24) is 10.2 Å². The van der Waals surface area contributed by atoms with Gasteiger partial charge in [0.2, 0.25) is 0 Å². The molecule has 1 aliphatic rings. The number of halogens is 1. The highest BCUT2D eigenvalue weighted by molar-refractivity contribution is 5.97. The van der Waals surface area contributed by atoms with Gasteiger partial charge in [0.25, 0.3) is 5.91 Å². The number of ether oxygens (including phenoxy) is 1. The van der Waals surface area contributed by atoms with E-state index in [4.69, 9.17) is 4.74 Å². The molecule has 0 spiro atoms. The van der Waals surface area contributed by atoms with E-state index in [0.29, 0.717) is 17.9 Å². The fourth-order valence-corrected chi connectivity index (χ4v) is 2.87. The van der Waals surface area contributed by atoms with Crippen molar-refractivity contribution >= 4 is 18.3 Å². The van der Waals surface area contributed by atoms with Crippen LogP contribution in [0.3, 0.4) is 0 Å². The van der Waals surface area contributed by atoms with Gasteiger partial charge in [-0.3, -0.25) is 4.79 Å². The SMILES string of the molecule is CCOc1ccccc1C(=O)N1CCC(CCNC)CC1.Cl. The Bertz CT molecular complexity index is 460. The normalized spacial score (nSPS) is 15.3. The molecule has 1 amide bonds. The zero-order chi connectivity index (χ0) is 15.1. The van der Waals surface area contributed by atoms with E-state index >= 15 is 0 Å². The number of carbonyl (C=O) groups is 1. The van der Waals surface area contributed by atoms with Gasteiger partial charge in [0.1, 0.15) is 5.75 Å². The summed E-state index contributed by atoms with van der Waals surface area (Å²) in [6, 6.07) is 7.54. The molecular weight excluding hydrogens is 300 g/mol. The first kappa shape index (κ1) is 18.8. The number of hydrogen-bond donors (Lipinski definition) is 1. The average Bonchev–Trinajstić information content (AvgIpc) is 2.53. The molecular formula is C17H27ClN2O2. The average molecular weight is 327 g/mol. The van der Waals surface area contributed by atoms with Crippen LogP contribution in [0.25, 0.3) is 0 Å². The van der Waals surface area contributed by atoms with Gasteiger partial charge in [0.05, 0.1) is 12.2 Å². The zero-order valence-corrected chi connectivity index (χ0v) is 14.3. The fourth-order valence-electron chi connectivity index (χ4n) is 2.87. The Morgan fingerprint density at radius 2 is 2.00 bits per heavy atom. The number of para-hydroxylation sites is 1. The first-order valence-corrected chi connectivity index (χ1v) is 7.92. The number of nitrogens with one attached hydrogen (secondary N) is 1. The third-order valence-corrected chi connectivity index (χ3v) is 4.12. The number of amides is 1. The fraction of sp³-hybridized carbons (Fsp3) is 0.588. The standard InChI is InChI=1S/C17H26N2O2.ClH/c1-3-21-16-7-5-4-6-15(16)17(20)19-12-9-14(10-13-19)8-11-18-2;/h4-7,14,18H,3,8-13H2,1-2H3;1H. The van der Waals surface area contributed by atoms with Gasteiger partial charge >= 0.3 is 0 Å². The molecule has 1 aromatic carbocycles. The van der Waals surface area contributed by atoms with E-state index in [2.05, 4.69) is 5.32 Å². The van der Waals surface area contributed by atoms with E-state index in [1.165, 1.54) is 6.42 Å². The van der Waals surface area contributed by atoms with Crippen molar-refractivity contribution in [3.05, 3.63) is 29.8 Å². The molecule has 124 valence electrons. The number of benzene rings is 1. The van der Waals surface area contributed by atoms with Crippen LogP contribution >= 0.6 is 12.4 Å².